The Morgan fingerprint density at radius 2 is 1.72 bits per heavy atom. The second kappa shape index (κ2) is 10.3. The third-order valence-corrected chi connectivity index (χ3v) is 7.01. The molecule has 0 aliphatic heterocycles. The van der Waals surface area contributed by atoms with Gasteiger partial charge in [0.05, 0.1) is 16.9 Å². The van der Waals surface area contributed by atoms with Crippen molar-refractivity contribution in [3.8, 4) is 0 Å². The summed E-state index contributed by atoms with van der Waals surface area (Å²) in [6.07, 6.45) is 0.279. The molecule has 32 heavy (non-hydrogen) atoms. The molecule has 1 heterocycles. The monoisotopic (exact) mass is 479 g/mol. The standard InChI is InChI=1S/C21H19F2N3O4S2/c22-14-9-10-15(16(23)13-14)21(28)24-11-3-7-19(27)25-17-5-1-2-6-18(17)26-32(29,30)20-8-4-12-31-20/h1-2,4-6,8-10,12-13,26H,3,7,11H2,(H,24,28)(H,25,27). The molecule has 0 unspecified atom stereocenters. The van der Waals surface area contributed by atoms with Crippen LogP contribution in [0.15, 0.2) is 64.2 Å². The van der Waals surface area contributed by atoms with Gasteiger partial charge in [-0.3, -0.25) is 14.3 Å². The Hall–Kier alpha value is -3.31. The summed E-state index contributed by atoms with van der Waals surface area (Å²) in [4.78, 5) is 24.2. The van der Waals surface area contributed by atoms with Gasteiger partial charge in [-0.05, 0) is 42.1 Å². The van der Waals surface area contributed by atoms with Gasteiger partial charge in [0.25, 0.3) is 15.9 Å². The van der Waals surface area contributed by atoms with E-state index < -0.39 is 33.5 Å². The maximum atomic E-state index is 13.6. The quantitative estimate of drug-likeness (QED) is 0.404. The second-order valence-corrected chi connectivity index (χ2v) is 9.47. The van der Waals surface area contributed by atoms with Gasteiger partial charge in [0.1, 0.15) is 15.8 Å². The number of anilines is 2. The van der Waals surface area contributed by atoms with Crippen molar-refractivity contribution in [1.29, 1.82) is 0 Å². The SMILES string of the molecule is O=C(CCCNC(=O)c1ccc(F)cc1F)Nc1ccccc1NS(=O)(=O)c1cccs1. The number of thiophene rings is 1. The average Bonchev–Trinajstić information content (AvgIpc) is 3.28. The van der Waals surface area contributed by atoms with Crippen LogP contribution >= 0.6 is 11.3 Å². The fourth-order valence-corrected chi connectivity index (χ4v) is 4.80. The lowest BCUT2D eigenvalue weighted by Gasteiger charge is -2.13. The van der Waals surface area contributed by atoms with E-state index >= 15 is 0 Å². The van der Waals surface area contributed by atoms with Crippen molar-refractivity contribution in [1.82, 2.24) is 5.32 Å². The number of benzene rings is 2. The van der Waals surface area contributed by atoms with Crippen LogP contribution in [-0.4, -0.2) is 26.8 Å². The Balaban J connectivity index is 1.52. The number of rotatable bonds is 9. The number of hydrogen-bond acceptors (Lipinski definition) is 5. The minimum atomic E-state index is -3.78. The van der Waals surface area contributed by atoms with Gasteiger partial charge in [-0.25, -0.2) is 17.2 Å². The first-order valence-electron chi connectivity index (χ1n) is 9.45. The molecule has 0 atom stereocenters. The van der Waals surface area contributed by atoms with Crippen LogP contribution in [0.25, 0.3) is 0 Å². The fraction of sp³-hybridized carbons (Fsp3) is 0.143. The van der Waals surface area contributed by atoms with Crippen LogP contribution in [-0.2, 0) is 14.8 Å². The van der Waals surface area contributed by atoms with Gasteiger partial charge in [-0.15, -0.1) is 11.3 Å². The summed E-state index contributed by atoms with van der Waals surface area (Å²) >= 11 is 1.07. The van der Waals surface area contributed by atoms with Gasteiger partial charge in [0.2, 0.25) is 5.91 Å². The lowest BCUT2D eigenvalue weighted by molar-refractivity contribution is -0.116. The van der Waals surface area contributed by atoms with Gasteiger partial charge in [-0.1, -0.05) is 18.2 Å². The van der Waals surface area contributed by atoms with Crippen LogP contribution in [0.3, 0.4) is 0 Å². The molecule has 2 aromatic carbocycles. The molecule has 0 aliphatic rings. The first-order valence-corrected chi connectivity index (χ1v) is 11.8. The van der Waals surface area contributed by atoms with Crippen molar-refractivity contribution in [2.24, 2.45) is 0 Å². The number of carbonyl (C=O) groups is 2. The van der Waals surface area contributed by atoms with E-state index in [4.69, 9.17) is 0 Å². The molecule has 0 saturated carbocycles. The van der Waals surface area contributed by atoms with Crippen LogP contribution in [0.1, 0.15) is 23.2 Å². The summed E-state index contributed by atoms with van der Waals surface area (Å²) in [6, 6.07) is 12.1. The second-order valence-electron chi connectivity index (χ2n) is 6.61. The lowest BCUT2D eigenvalue weighted by atomic mass is 10.2. The van der Waals surface area contributed by atoms with Crippen LogP contribution in [0.5, 0.6) is 0 Å². The largest absolute Gasteiger partial charge is 0.352 e. The molecule has 2 amide bonds. The molecule has 0 radical (unpaired) electrons. The number of amides is 2. The number of para-hydroxylation sites is 2. The van der Waals surface area contributed by atoms with E-state index in [0.717, 1.165) is 23.5 Å². The predicted molar refractivity (Wildman–Crippen MR) is 118 cm³/mol. The summed E-state index contributed by atoms with van der Waals surface area (Å²) in [6.45, 7) is 0.0930. The highest BCUT2D eigenvalue weighted by Crippen LogP contribution is 2.26. The van der Waals surface area contributed by atoms with E-state index in [9.17, 15) is 26.8 Å². The third kappa shape index (κ3) is 6.11. The molecule has 0 aliphatic carbocycles. The summed E-state index contributed by atoms with van der Waals surface area (Å²) in [5.74, 6) is -2.86. The number of hydrogen-bond donors (Lipinski definition) is 3. The number of halogens is 2. The topological polar surface area (TPSA) is 104 Å². The Bertz CT molecular complexity index is 1220. The van der Waals surface area contributed by atoms with Crippen LogP contribution in [0.4, 0.5) is 20.2 Å². The molecule has 1 aromatic heterocycles. The van der Waals surface area contributed by atoms with Crippen LogP contribution < -0.4 is 15.4 Å². The molecule has 0 bridgehead atoms. The van der Waals surface area contributed by atoms with Crippen LogP contribution in [0, 0.1) is 11.6 Å². The predicted octanol–water partition coefficient (Wildman–Crippen LogP) is 3.98. The summed E-state index contributed by atoms with van der Waals surface area (Å²) < 4.78 is 54.0. The van der Waals surface area contributed by atoms with Crippen molar-refractivity contribution in [3.05, 3.63) is 77.2 Å². The molecule has 3 aromatic rings. The number of carbonyl (C=O) groups excluding carboxylic acids is 2. The molecule has 3 N–H and O–H groups in total. The number of sulfonamides is 1. The molecule has 7 nitrogen and oxygen atoms in total. The molecule has 0 saturated heterocycles. The highest BCUT2D eigenvalue weighted by molar-refractivity contribution is 7.94. The highest BCUT2D eigenvalue weighted by atomic mass is 32.2. The Morgan fingerprint density at radius 3 is 2.41 bits per heavy atom. The molecule has 11 heteroatoms. The Morgan fingerprint density at radius 1 is 0.969 bits per heavy atom. The molecule has 0 spiro atoms. The van der Waals surface area contributed by atoms with E-state index in [1.165, 1.54) is 12.1 Å². The van der Waals surface area contributed by atoms with Crippen molar-refractivity contribution in [3.63, 3.8) is 0 Å². The maximum Gasteiger partial charge on any atom is 0.271 e. The first-order chi connectivity index (χ1) is 15.3. The smallest absolute Gasteiger partial charge is 0.271 e. The minimum Gasteiger partial charge on any atom is -0.352 e. The molecular formula is C21H19F2N3O4S2. The minimum absolute atomic E-state index is 0.0260. The average molecular weight is 480 g/mol. The zero-order valence-electron chi connectivity index (χ0n) is 16.6. The molecule has 3 rings (SSSR count). The summed E-state index contributed by atoms with van der Waals surface area (Å²) in [5, 5.41) is 6.75. The fourth-order valence-electron chi connectivity index (χ4n) is 2.72. The van der Waals surface area contributed by atoms with E-state index in [1.807, 2.05) is 0 Å². The molecule has 0 fully saturated rings. The van der Waals surface area contributed by atoms with Crippen molar-refractivity contribution in [2.45, 2.75) is 17.1 Å². The molecule has 168 valence electrons. The van der Waals surface area contributed by atoms with Gasteiger partial charge in [-0.2, -0.15) is 0 Å². The first kappa shape index (κ1) is 23.4. The van der Waals surface area contributed by atoms with Crippen molar-refractivity contribution >= 4 is 44.5 Å². The molecular weight excluding hydrogens is 460 g/mol. The van der Waals surface area contributed by atoms with Crippen molar-refractivity contribution in [2.75, 3.05) is 16.6 Å². The Kier molecular flexibility index (Phi) is 7.54. The van der Waals surface area contributed by atoms with Gasteiger partial charge >= 0.3 is 0 Å². The highest BCUT2D eigenvalue weighted by Gasteiger charge is 2.18. The van der Waals surface area contributed by atoms with Gasteiger partial charge in [0.15, 0.2) is 0 Å². The van der Waals surface area contributed by atoms with Gasteiger partial charge in [0, 0.05) is 19.0 Å². The summed E-state index contributed by atoms with van der Waals surface area (Å²) in [7, 11) is -3.78. The maximum absolute atomic E-state index is 13.6. The van der Waals surface area contributed by atoms with E-state index in [2.05, 4.69) is 15.4 Å². The lowest BCUT2D eigenvalue weighted by Crippen LogP contribution is -2.26. The van der Waals surface area contributed by atoms with Crippen LogP contribution in [0.2, 0.25) is 0 Å². The van der Waals surface area contributed by atoms with E-state index in [1.54, 1.807) is 29.6 Å². The Labute approximate surface area is 187 Å². The number of nitrogens with one attached hydrogen (secondary N) is 3. The van der Waals surface area contributed by atoms with E-state index in [-0.39, 0.29) is 40.5 Å². The van der Waals surface area contributed by atoms with E-state index in [0.29, 0.717) is 6.07 Å². The third-order valence-electron chi connectivity index (χ3n) is 4.25. The zero-order valence-corrected chi connectivity index (χ0v) is 18.2. The summed E-state index contributed by atoms with van der Waals surface area (Å²) in [5.41, 5.74) is 0.215. The van der Waals surface area contributed by atoms with Gasteiger partial charge < -0.3 is 10.6 Å². The normalized spacial score (nSPS) is 11.1. The zero-order chi connectivity index (χ0) is 23.1. The van der Waals surface area contributed by atoms with Crippen molar-refractivity contribution < 1.29 is 26.8 Å².